The molecule has 8 heteroatoms. The minimum absolute atomic E-state index is 0.205. The van der Waals surface area contributed by atoms with Crippen LogP contribution in [-0.2, 0) is 4.74 Å². The summed E-state index contributed by atoms with van der Waals surface area (Å²) in [5.41, 5.74) is 4.72. The topological polar surface area (TPSA) is 95.1 Å². The van der Waals surface area contributed by atoms with E-state index in [-0.39, 0.29) is 6.61 Å². The Hall–Kier alpha value is -3.42. The van der Waals surface area contributed by atoms with Gasteiger partial charge < -0.3 is 18.9 Å². The molecule has 0 radical (unpaired) electrons. The summed E-state index contributed by atoms with van der Waals surface area (Å²) in [4.78, 5) is 23.4. The zero-order valence-electron chi connectivity index (χ0n) is 15.9. The van der Waals surface area contributed by atoms with Crippen LogP contribution in [0.15, 0.2) is 48.5 Å². The van der Waals surface area contributed by atoms with Gasteiger partial charge in [0, 0.05) is 5.56 Å². The van der Waals surface area contributed by atoms with Crippen molar-refractivity contribution in [1.29, 1.82) is 0 Å². The first-order valence-electron chi connectivity index (χ1n) is 8.94. The molecule has 0 bridgehead atoms. The Bertz CT molecular complexity index is 767. The summed E-state index contributed by atoms with van der Waals surface area (Å²) in [5, 5.41) is 0. The van der Waals surface area contributed by atoms with Crippen LogP contribution >= 0.6 is 0 Å². The number of amides is 2. The first-order chi connectivity index (χ1) is 13.6. The molecule has 28 heavy (non-hydrogen) atoms. The number of hydrogen-bond donors (Lipinski definition) is 2. The molecule has 2 rings (SSSR count). The highest BCUT2D eigenvalue weighted by Gasteiger charge is 2.13. The second kappa shape index (κ2) is 11.3. The average molecular weight is 388 g/mol. The molecule has 0 aliphatic heterocycles. The van der Waals surface area contributed by atoms with Gasteiger partial charge in [0.05, 0.1) is 13.2 Å². The Balaban J connectivity index is 1.91. The number of nitrogens with one attached hydrogen (secondary N) is 2. The number of hydrogen-bond acceptors (Lipinski definition) is 6. The van der Waals surface area contributed by atoms with E-state index in [0.29, 0.717) is 36.9 Å². The Morgan fingerprint density at radius 1 is 0.821 bits per heavy atom. The number of rotatable bonds is 9. The van der Waals surface area contributed by atoms with E-state index < -0.39 is 12.0 Å². The maximum Gasteiger partial charge on any atom is 0.426 e. The molecular weight excluding hydrogens is 364 g/mol. The van der Waals surface area contributed by atoms with Crippen LogP contribution in [0, 0.1) is 0 Å². The SMILES string of the molecule is CCOC(=O)NNC(=O)c1ccc(OCCOc2ccccc2)c(OCC)c1. The van der Waals surface area contributed by atoms with Gasteiger partial charge in [0.15, 0.2) is 11.5 Å². The monoisotopic (exact) mass is 388 g/mol. The molecule has 0 atom stereocenters. The molecule has 8 nitrogen and oxygen atoms in total. The molecule has 0 aliphatic carbocycles. The second-order valence-corrected chi connectivity index (χ2v) is 5.40. The summed E-state index contributed by atoms with van der Waals surface area (Å²) in [6.07, 6.45) is -0.737. The minimum Gasteiger partial charge on any atom is -0.490 e. The van der Waals surface area contributed by atoms with Gasteiger partial charge in [-0.1, -0.05) is 18.2 Å². The molecule has 150 valence electrons. The molecule has 0 aliphatic rings. The highest BCUT2D eigenvalue weighted by Crippen LogP contribution is 2.28. The largest absolute Gasteiger partial charge is 0.490 e. The van der Waals surface area contributed by atoms with E-state index in [2.05, 4.69) is 15.6 Å². The maximum atomic E-state index is 12.1. The van der Waals surface area contributed by atoms with Crippen molar-refractivity contribution in [2.45, 2.75) is 13.8 Å². The van der Waals surface area contributed by atoms with Crippen LogP contribution in [0.1, 0.15) is 24.2 Å². The van der Waals surface area contributed by atoms with Crippen LogP contribution in [0.5, 0.6) is 17.2 Å². The van der Waals surface area contributed by atoms with Crippen molar-refractivity contribution < 1.29 is 28.5 Å². The van der Waals surface area contributed by atoms with Gasteiger partial charge in [-0.15, -0.1) is 0 Å². The molecule has 0 fully saturated rings. The first kappa shape index (κ1) is 20.9. The summed E-state index contributed by atoms with van der Waals surface area (Å²) in [7, 11) is 0. The van der Waals surface area contributed by atoms with Gasteiger partial charge in [0.2, 0.25) is 0 Å². The summed E-state index contributed by atoms with van der Waals surface area (Å²) in [6.45, 7) is 4.78. The van der Waals surface area contributed by atoms with Crippen LogP contribution in [0.2, 0.25) is 0 Å². The van der Waals surface area contributed by atoms with Crippen molar-refractivity contribution in [2.24, 2.45) is 0 Å². The van der Waals surface area contributed by atoms with E-state index >= 15 is 0 Å². The number of carbonyl (C=O) groups is 2. The lowest BCUT2D eigenvalue weighted by Gasteiger charge is -2.14. The van der Waals surface area contributed by atoms with Crippen molar-refractivity contribution >= 4 is 12.0 Å². The highest BCUT2D eigenvalue weighted by atomic mass is 16.6. The molecule has 2 aromatic carbocycles. The van der Waals surface area contributed by atoms with E-state index in [1.807, 2.05) is 37.3 Å². The number of carbonyl (C=O) groups excluding carboxylic acids is 2. The number of hydrazine groups is 1. The van der Waals surface area contributed by atoms with Gasteiger partial charge in [0.1, 0.15) is 19.0 Å². The van der Waals surface area contributed by atoms with E-state index in [1.165, 1.54) is 0 Å². The fourth-order valence-corrected chi connectivity index (χ4v) is 2.21. The number of ether oxygens (including phenoxy) is 4. The zero-order valence-corrected chi connectivity index (χ0v) is 15.9. The van der Waals surface area contributed by atoms with Gasteiger partial charge in [-0.05, 0) is 44.2 Å². The quantitative estimate of drug-likeness (QED) is 0.507. The maximum absolute atomic E-state index is 12.1. The zero-order chi connectivity index (χ0) is 20.2. The predicted octanol–water partition coefficient (Wildman–Crippen LogP) is 2.93. The van der Waals surface area contributed by atoms with Crippen molar-refractivity contribution in [3.8, 4) is 17.2 Å². The Labute approximate surface area is 163 Å². The van der Waals surface area contributed by atoms with Gasteiger partial charge in [-0.3, -0.25) is 10.2 Å². The fourth-order valence-electron chi connectivity index (χ4n) is 2.21. The van der Waals surface area contributed by atoms with Crippen LogP contribution in [0.3, 0.4) is 0 Å². The van der Waals surface area contributed by atoms with Crippen LogP contribution in [0.4, 0.5) is 4.79 Å². The highest BCUT2D eigenvalue weighted by molar-refractivity contribution is 5.95. The molecule has 0 saturated heterocycles. The van der Waals surface area contributed by atoms with Crippen LogP contribution in [0.25, 0.3) is 0 Å². The average Bonchev–Trinajstić information content (AvgIpc) is 2.71. The molecule has 0 spiro atoms. The minimum atomic E-state index is -0.737. The van der Waals surface area contributed by atoms with Crippen LogP contribution < -0.4 is 25.1 Å². The number of benzene rings is 2. The van der Waals surface area contributed by atoms with Gasteiger partial charge in [-0.2, -0.15) is 0 Å². The van der Waals surface area contributed by atoms with Crippen molar-refractivity contribution in [2.75, 3.05) is 26.4 Å². The molecule has 0 aromatic heterocycles. The summed E-state index contributed by atoms with van der Waals surface area (Å²) < 4.78 is 21.5. The fraction of sp³-hybridized carbons (Fsp3) is 0.300. The molecule has 0 unspecified atom stereocenters. The molecular formula is C20H24N2O6. The lowest BCUT2D eigenvalue weighted by atomic mass is 10.2. The predicted molar refractivity (Wildman–Crippen MR) is 103 cm³/mol. The van der Waals surface area contributed by atoms with Crippen molar-refractivity contribution in [3.05, 3.63) is 54.1 Å². The summed E-state index contributed by atoms with van der Waals surface area (Å²) in [5.74, 6) is 1.17. The molecule has 2 amide bonds. The van der Waals surface area contributed by atoms with Gasteiger partial charge in [0.25, 0.3) is 5.91 Å². The van der Waals surface area contributed by atoms with E-state index in [4.69, 9.17) is 14.2 Å². The third-order valence-corrected chi connectivity index (χ3v) is 3.41. The molecule has 2 N–H and O–H groups in total. The first-order valence-corrected chi connectivity index (χ1v) is 8.94. The van der Waals surface area contributed by atoms with Crippen molar-refractivity contribution in [3.63, 3.8) is 0 Å². The third kappa shape index (κ3) is 6.71. The van der Waals surface area contributed by atoms with Crippen molar-refractivity contribution in [1.82, 2.24) is 10.9 Å². The Morgan fingerprint density at radius 3 is 2.29 bits per heavy atom. The Morgan fingerprint density at radius 2 is 1.57 bits per heavy atom. The number of para-hydroxylation sites is 1. The second-order valence-electron chi connectivity index (χ2n) is 5.40. The van der Waals surface area contributed by atoms with Gasteiger partial charge >= 0.3 is 6.09 Å². The third-order valence-electron chi connectivity index (χ3n) is 3.41. The summed E-state index contributed by atoms with van der Waals surface area (Å²) >= 11 is 0. The van der Waals surface area contributed by atoms with E-state index in [1.54, 1.807) is 25.1 Å². The van der Waals surface area contributed by atoms with Crippen LogP contribution in [-0.4, -0.2) is 38.4 Å². The van der Waals surface area contributed by atoms with E-state index in [9.17, 15) is 9.59 Å². The molecule has 2 aromatic rings. The smallest absolute Gasteiger partial charge is 0.426 e. The normalized spacial score (nSPS) is 9.93. The standard InChI is InChI=1S/C20H24N2O6/c1-3-25-18-14-15(19(23)21-22-20(24)26-4-2)10-11-17(18)28-13-12-27-16-8-6-5-7-9-16/h5-11,14H,3-4,12-13H2,1-2H3,(H,21,23)(H,22,24). The lowest BCUT2D eigenvalue weighted by molar-refractivity contribution is 0.0912. The lowest BCUT2D eigenvalue weighted by Crippen LogP contribution is -2.41. The Kier molecular flexibility index (Phi) is 8.45. The summed E-state index contributed by atoms with van der Waals surface area (Å²) in [6, 6.07) is 14.2. The van der Waals surface area contributed by atoms with Gasteiger partial charge in [-0.25, -0.2) is 10.2 Å². The van der Waals surface area contributed by atoms with E-state index in [0.717, 1.165) is 5.75 Å². The molecule has 0 heterocycles. The molecule has 0 saturated carbocycles.